The molecule has 0 radical (unpaired) electrons. The average Bonchev–Trinajstić information content (AvgIpc) is 2.72. The molecule has 0 spiro atoms. The van der Waals surface area contributed by atoms with Crippen molar-refractivity contribution < 1.29 is 9.53 Å². The molecule has 1 amide bonds. The highest BCUT2D eigenvalue weighted by Gasteiger charge is 2.22. The van der Waals surface area contributed by atoms with Crippen LogP contribution in [-0.4, -0.2) is 44.1 Å². The number of rotatable bonds is 8. The first-order chi connectivity index (χ1) is 13.6. The fourth-order valence-electron chi connectivity index (χ4n) is 3.79. The number of carbonyl (C=O) groups excluding carboxylic acids is 1. The fraction of sp³-hybridized carbons (Fsp3) is 0.435. The summed E-state index contributed by atoms with van der Waals surface area (Å²) in [5.74, 6) is 0.947. The zero-order chi connectivity index (χ0) is 19.9. The second-order valence-electron chi connectivity index (χ2n) is 7.48. The Bertz CT molecular complexity index is 792. The van der Waals surface area contributed by atoms with Crippen LogP contribution in [0.15, 0.2) is 46.9 Å². The minimum Gasteiger partial charge on any atom is -0.497 e. The van der Waals surface area contributed by atoms with Crippen LogP contribution < -0.4 is 10.1 Å². The molecule has 0 aliphatic heterocycles. The predicted octanol–water partition coefficient (Wildman–Crippen LogP) is 4.46. The fourth-order valence-corrected chi connectivity index (χ4v) is 4.06. The Morgan fingerprint density at radius 1 is 1.18 bits per heavy atom. The summed E-state index contributed by atoms with van der Waals surface area (Å²) in [4.78, 5) is 14.6. The largest absolute Gasteiger partial charge is 0.497 e. The third-order valence-electron chi connectivity index (χ3n) is 5.57. The van der Waals surface area contributed by atoms with Gasteiger partial charge in [-0.2, -0.15) is 0 Å². The molecule has 1 aliphatic carbocycles. The van der Waals surface area contributed by atoms with Gasteiger partial charge in [0.2, 0.25) is 0 Å². The van der Waals surface area contributed by atoms with Crippen molar-refractivity contribution in [1.29, 1.82) is 0 Å². The first-order valence-corrected chi connectivity index (χ1v) is 10.8. The van der Waals surface area contributed by atoms with Gasteiger partial charge in [-0.05, 0) is 93.2 Å². The predicted molar refractivity (Wildman–Crippen MR) is 117 cm³/mol. The van der Waals surface area contributed by atoms with E-state index in [1.54, 1.807) is 7.11 Å². The Balaban J connectivity index is 1.38. The monoisotopic (exact) mass is 444 g/mol. The van der Waals surface area contributed by atoms with Gasteiger partial charge in [0.1, 0.15) is 5.75 Å². The maximum atomic E-state index is 12.1. The molecular weight excluding hydrogens is 416 g/mol. The first kappa shape index (κ1) is 20.9. The molecule has 28 heavy (non-hydrogen) atoms. The minimum atomic E-state index is -0.00121. The number of nitrogens with zero attached hydrogens (tertiary/aromatic N) is 1. The Kier molecular flexibility index (Phi) is 7.51. The lowest BCUT2D eigenvalue weighted by atomic mass is 9.87. The number of carbonyl (C=O) groups is 1. The molecule has 1 atom stereocenters. The van der Waals surface area contributed by atoms with E-state index in [-0.39, 0.29) is 5.91 Å². The third-order valence-corrected chi connectivity index (χ3v) is 6.10. The van der Waals surface area contributed by atoms with E-state index in [1.165, 1.54) is 17.5 Å². The molecule has 0 saturated carbocycles. The quantitative estimate of drug-likeness (QED) is 0.611. The van der Waals surface area contributed by atoms with Crippen molar-refractivity contribution in [2.24, 2.45) is 0 Å². The summed E-state index contributed by atoms with van der Waals surface area (Å²) in [7, 11) is 3.94. The number of unbranched alkanes of at least 4 members (excludes halogenated alkanes) is 1. The van der Waals surface area contributed by atoms with Gasteiger partial charge in [-0.3, -0.25) is 4.79 Å². The number of likely N-dealkylation sites (N-methyl/N-ethyl adjacent to an activating group) is 1. The number of ether oxygens (including phenoxy) is 1. The van der Waals surface area contributed by atoms with E-state index in [9.17, 15) is 4.79 Å². The number of nitrogens with one attached hydrogen (secondary N) is 1. The lowest BCUT2D eigenvalue weighted by Gasteiger charge is -2.32. The Morgan fingerprint density at radius 3 is 2.71 bits per heavy atom. The van der Waals surface area contributed by atoms with Crippen LogP contribution in [-0.2, 0) is 12.8 Å². The Hall–Kier alpha value is -1.85. The van der Waals surface area contributed by atoms with Crippen LogP contribution in [0.1, 0.15) is 40.7 Å². The summed E-state index contributed by atoms with van der Waals surface area (Å²) in [6.45, 7) is 1.77. The maximum absolute atomic E-state index is 12.1. The number of amides is 1. The third kappa shape index (κ3) is 5.58. The molecule has 1 aliphatic rings. The number of methoxy groups -OCH3 is 1. The zero-order valence-corrected chi connectivity index (χ0v) is 18.3. The van der Waals surface area contributed by atoms with Gasteiger partial charge in [-0.1, -0.05) is 22.0 Å². The van der Waals surface area contributed by atoms with Crippen LogP contribution in [0.25, 0.3) is 0 Å². The highest BCUT2D eigenvalue weighted by atomic mass is 79.9. The van der Waals surface area contributed by atoms with Gasteiger partial charge in [-0.15, -0.1) is 0 Å². The smallest absolute Gasteiger partial charge is 0.251 e. The minimum absolute atomic E-state index is 0.00121. The van der Waals surface area contributed by atoms with Crippen molar-refractivity contribution in [3.8, 4) is 5.75 Å². The lowest BCUT2D eigenvalue weighted by Crippen LogP contribution is -2.37. The van der Waals surface area contributed by atoms with Crippen LogP contribution in [0.3, 0.4) is 0 Å². The summed E-state index contributed by atoms with van der Waals surface area (Å²) in [5.41, 5.74) is 3.59. The number of halogens is 1. The van der Waals surface area contributed by atoms with Crippen molar-refractivity contribution in [2.45, 2.75) is 38.1 Å². The van der Waals surface area contributed by atoms with Crippen molar-refractivity contribution >= 4 is 21.8 Å². The normalized spacial score (nSPS) is 15.9. The standard InChI is InChI=1S/C23H29BrN2O2/c1-26(21-11-7-17-8-12-22(28-2)16-19(17)15-21)14-4-3-13-25-23(27)18-5-9-20(24)10-6-18/h5-6,8-10,12,16,21H,3-4,7,11,13-15H2,1-2H3,(H,25,27)/t21-/m1/s1. The van der Waals surface area contributed by atoms with E-state index >= 15 is 0 Å². The lowest BCUT2D eigenvalue weighted by molar-refractivity contribution is 0.0952. The Labute approximate surface area is 176 Å². The Morgan fingerprint density at radius 2 is 1.96 bits per heavy atom. The van der Waals surface area contributed by atoms with E-state index in [0.717, 1.165) is 42.5 Å². The van der Waals surface area contributed by atoms with E-state index in [2.05, 4.69) is 51.4 Å². The molecule has 0 saturated heterocycles. The molecular formula is C23H29BrN2O2. The van der Waals surface area contributed by atoms with Crippen molar-refractivity contribution in [1.82, 2.24) is 10.2 Å². The summed E-state index contributed by atoms with van der Waals surface area (Å²) in [6, 6.07) is 14.5. The van der Waals surface area contributed by atoms with Crippen LogP contribution in [0.2, 0.25) is 0 Å². The second-order valence-corrected chi connectivity index (χ2v) is 8.40. The second kappa shape index (κ2) is 10.1. The molecule has 2 aromatic rings. The molecule has 0 unspecified atom stereocenters. The SMILES string of the molecule is COc1ccc2c(c1)C[C@H](N(C)CCCCNC(=O)c1ccc(Br)cc1)CC2. The van der Waals surface area contributed by atoms with Crippen molar-refractivity contribution in [2.75, 3.05) is 27.2 Å². The molecule has 150 valence electrons. The van der Waals surface area contributed by atoms with Crippen LogP contribution in [0.5, 0.6) is 5.75 Å². The summed E-state index contributed by atoms with van der Waals surface area (Å²) >= 11 is 3.39. The van der Waals surface area contributed by atoms with Crippen molar-refractivity contribution in [3.05, 3.63) is 63.6 Å². The summed E-state index contributed by atoms with van der Waals surface area (Å²) in [6.07, 6.45) is 5.50. The van der Waals surface area contributed by atoms with Crippen LogP contribution >= 0.6 is 15.9 Å². The van der Waals surface area contributed by atoms with E-state index in [1.807, 2.05) is 24.3 Å². The van der Waals surface area contributed by atoms with Gasteiger partial charge in [0.05, 0.1) is 7.11 Å². The molecule has 4 nitrogen and oxygen atoms in total. The van der Waals surface area contributed by atoms with Gasteiger partial charge in [0.25, 0.3) is 5.91 Å². The highest BCUT2D eigenvalue weighted by Crippen LogP contribution is 2.27. The van der Waals surface area contributed by atoms with Gasteiger partial charge >= 0.3 is 0 Å². The van der Waals surface area contributed by atoms with E-state index in [4.69, 9.17) is 4.74 Å². The molecule has 5 heteroatoms. The zero-order valence-electron chi connectivity index (χ0n) is 16.7. The number of benzene rings is 2. The van der Waals surface area contributed by atoms with Crippen LogP contribution in [0, 0.1) is 0 Å². The van der Waals surface area contributed by atoms with E-state index in [0.29, 0.717) is 18.2 Å². The van der Waals surface area contributed by atoms with Crippen molar-refractivity contribution in [3.63, 3.8) is 0 Å². The van der Waals surface area contributed by atoms with Gasteiger partial charge in [-0.25, -0.2) is 0 Å². The number of aryl methyl sites for hydroxylation is 1. The van der Waals surface area contributed by atoms with Crippen LogP contribution in [0.4, 0.5) is 0 Å². The first-order valence-electron chi connectivity index (χ1n) is 9.96. The molecule has 3 rings (SSSR count). The van der Waals surface area contributed by atoms with Gasteiger partial charge in [0.15, 0.2) is 0 Å². The molecule has 0 heterocycles. The average molecular weight is 445 g/mol. The highest BCUT2D eigenvalue weighted by molar-refractivity contribution is 9.10. The van der Waals surface area contributed by atoms with Gasteiger partial charge in [0, 0.05) is 22.6 Å². The topological polar surface area (TPSA) is 41.6 Å². The van der Waals surface area contributed by atoms with Gasteiger partial charge < -0.3 is 15.0 Å². The maximum Gasteiger partial charge on any atom is 0.251 e. The molecule has 0 fully saturated rings. The number of hydrogen-bond donors (Lipinski definition) is 1. The molecule has 2 aromatic carbocycles. The molecule has 1 N–H and O–H groups in total. The number of hydrogen-bond acceptors (Lipinski definition) is 3. The summed E-state index contributed by atoms with van der Waals surface area (Å²) in [5, 5.41) is 3.01. The van der Waals surface area contributed by atoms with E-state index < -0.39 is 0 Å². The molecule has 0 aromatic heterocycles. The summed E-state index contributed by atoms with van der Waals surface area (Å²) < 4.78 is 6.36. The number of fused-ring (bicyclic) bond motifs is 1. The molecule has 0 bridgehead atoms.